The zero-order valence-electron chi connectivity index (χ0n) is 14.0. The van der Waals surface area contributed by atoms with E-state index in [1.165, 1.54) is 18.5 Å². The molecular formula is C17H14FN5O4. The van der Waals surface area contributed by atoms with Crippen LogP contribution in [-0.2, 0) is 17.9 Å². The van der Waals surface area contributed by atoms with Gasteiger partial charge in [-0.05, 0) is 22.6 Å². The quantitative estimate of drug-likeness (QED) is 0.385. The first-order valence-corrected chi connectivity index (χ1v) is 8.11. The van der Waals surface area contributed by atoms with E-state index >= 15 is 0 Å². The molecule has 0 amide bonds. The Morgan fingerprint density at radius 1 is 1.33 bits per heavy atom. The van der Waals surface area contributed by atoms with Crippen LogP contribution in [0.4, 0.5) is 10.2 Å². The molecule has 0 unspecified atom stereocenters. The van der Waals surface area contributed by atoms with E-state index in [4.69, 9.17) is 9.47 Å². The van der Waals surface area contributed by atoms with Crippen molar-refractivity contribution in [3.05, 3.63) is 64.6 Å². The highest BCUT2D eigenvalue weighted by molar-refractivity contribution is 5.61. The lowest BCUT2D eigenvalue weighted by Gasteiger charge is -2.22. The second-order valence-electron chi connectivity index (χ2n) is 5.94. The molecule has 4 rings (SSSR count). The van der Waals surface area contributed by atoms with Crippen LogP contribution >= 0.6 is 0 Å². The van der Waals surface area contributed by atoms with Crippen molar-refractivity contribution >= 4 is 5.82 Å². The third-order valence-electron chi connectivity index (χ3n) is 4.06. The van der Waals surface area contributed by atoms with Gasteiger partial charge in [0.15, 0.2) is 0 Å². The molecule has 0 radical (unpaired) electrons. The Hall–Kier alpha value is -3.40. The maximum atomic E-state index is 13.2. The molecular weight excluding hydrogens is 357 g/mol. The highest BCUT2D eigenvalue weighted by Gasteiger charge is 2.28. The molecule has 0 bridgehead atoms. The molecule has 0 N–H and O–H groups in total. The van der Waals surface area contributed by atoms with Crippen LogP contribution in [0.5, 0.6) is 6.01 Å². The molecule has 0 saturated heterocycles. The monoisotopic (exact) mass is 371 g/mol. The van der Waals surface area contributed by atoms with Gasteiger partial charge in [0, 0.05) is 29.0 Å². The number of nitro groups is 1. The Kier molecular flexibility index (Phi) is 4.47. The van der Waals surface area contributed by atoms with Gasteiger partial charge in [0.2, 0.25) is 5.95 Å². The van der Waals surface area contributed by atoms with Gasteiger partial charge in [0.1, 0.15) is 18.9 Å². The largest absolute Gasteiger partial charge is 0.443 e. The highest BCUT2D eigenvalue weighted by atomic mass is 19.1. The summed E-state index contributed by atoms with van der Waals surface area (Å²) in [6.07, 6.45) is 4.09. The fourth-order valence-corrected chi connectivity index (χ4v) is 2.73. The minimum Gasteiger partial charge on any atom is -0.443 e. The molecule has 1 aliphatic heterocycles. The van der Waals surface area contributed by atoms with Crippen LogP contribution in [-0.4, -0.2) is 37.2 Å². The summed E-state index contributed by atoms with van der Waals surface area (Å²) in [5.41, 5.74) is 2.17. The summed E-state index contributed by atoms with van der Waals surface area (Å²) >= 11 is 0. The Bertz CT molecular complexity index is 976. The van der Waals surface area contributed by atoms with Gasteiger partial charge >= 0.3 is 11.8 Å². The van der Waals surface area contributed by atoms with E-state index in [0.29, 0.717) is 17.8 Å². The molecule has 10 heteroatoms. The van der Waals surface area contributed by atoms with Gasteiger partial charge in [-0.25, -0.2) is 4.98 Å². The molecule has 1 aliphatic rings. The Morgan fingerprint density at radius 3 is 2.96 bits per heavy atom. The van der Waals surface area contributed by atoms with E-state index in [-0.39, 0.29) is 31.1 Å². The third-order valence-corrected chi connectivity index (χ3v) is 4.06. The summed E-state index contributed by atoms with van der Waals surface area (Å²) in [7, 11) is 0. The summed E-state index contributed by atoms with van der Waals surface area (Å²) in [4.78, 5) is 21.8. The topological polar surface area (TPSA) is 105 Å². The minimum absolute atomic E-state index is 0.216. The molecule has 3 aromatic heterocycles. The second kappa shape index (κ2) is 7.08. The molecule has 0 aliphatic carbocycles. The summed E-state index contributed by atoms with van der Waals surface area (Å²) in [5, 5.41) is 10.8. The normalized spacial score (nSPS) is 15.8. The minimum atomic E-state index is -0.565. The SMILES string of the molecule is O=[N+]([O-])c1cn2c(n1)OC[C@@H](OCc1ccc(-c3ccnc(F)c3)cn1)C2. The van der Waals surface area contributed by atoms with E-state index in [1.54, 1.807) is 22.9 Å². The van der Waals surface area contributed by atoms with Crippen LogP contribution < -0.4 is 4.74 Å². The van der Waals surface area contributed by atoms with Gasteiger partial charge in [-0.1, -0.05) is 6.07 Å². The molecule has 4 heterocycles. The first-order valence-electron chi connectivity index (χ1n) is 8.11. The Balaban J connectivity index is 1.37. The fraction of sp³-hybridized carbons (Fsp3) is 0.235. The average Bonchev–Trinajstić information content (AvgIpc) is 3.10. The van der Waals surface area contributed by atoms with E-state index in [0.717, 1.165) is 5.56 Å². The van der Waals surface area contributed by atoms with E-state index in [1.807, 2.05) is 6.07 Å². The molecule has 0 saturated carbocycles. The number of pyridine rings is 2. The van der Waals surface area contributed by atoms with Gasteiger partial charge < -0.3 is 19.6 Å². The summed E-state index contributed by atoms with van der Waals surface area (Å²) in [6.45, 7) is 0.915. The van der Waals surface area contributed by atoms with E-state index in [9.17, 15) is 14.5 Å². The van der Waals surface area contributed by atoms with Crippen molar-refractivity contribution in [3.63, 3.8) is 0 Å². The number of fused-ring (bicyclic) bond motifs is 1. The Morgan fingerprint density at radius 2 is 2.22 bits per heavy atom. The molecule has 0 spiro atoms. The van der Waals surface area contributed by atoms with Crippen molar-refractivity contribution in [2.75, 3.05) is 6.61 Å². The predicted molar refractivity (Wildman–Crippen MR) is 90.4 cm³/mol. The van der Waals surface area contributed by atoms with Crippen molar-refractivity contribution in [3.8, 4) is 17.1 Å². The van der Waals surface area contributed by atoms with Gasteiger partial charge in [0.05, 0.1) is 18.8 Å². The maximum Gasteiger partial charge on any atom is 0.414 e. The van der Waals surface area contributed by atoms with Crippen LogP contribution in [0.1, 0.15) is 5.69 Å². The Labute approximate surface area is 152 Å². The van der Waals surface area contributed by atoms with Crippen LogP contribution in [0.2, 0.25) is 0 Å². The van der Waals surface area contributed by atoms with Gasteiger partial charge in [0.25, 0.3) is 0 Å². The smallest absolute Gasteiger partial charge is 0.414 e. The number of hydrogen-bond acceptors (Lipinski definition) is 7. The van der Waals surface area contributed by atoms with Crippen molar-refractivity contribution in [1.82, 2.24) is 19.5 Å². The molecule has 3 aromatic rings. The van der Waals surface area contributed by atoms with Crippen LogP contribution in [0.25, 0.3) is 11.1 Å². The number of ether oxygens (including phenoxy) is 2. The first-order chi connectivity index (χ1) is 13.1. The number of halogens is 1. The fourth-order valence-electron chi connectivity index (χ4n) is 2.73. The third kappa shape index (κ3) is 3.75. The maximum absolute atomic E-state index is 13.2. The number of nitrogens with zero attached hydrogens (tertiary/aromatic N) is 5. The summed E-state index contributed by atoms with van der Waals surface area (Å²) in [5.74, 6) is -0.799. The first kappa shape index (κ1) is 17.0. The van der Waals surface area contributed by atoms with Gasteiger partial charge in [-0.15, -0.1) is 0 Å². The lowest BCUT2D eigenvalue weighted by atomic mass is 10.1. The molecule has 0 aromatic carbocycles. The molecule has 138 valence electrons. The zero-order chi connectivity index (χ0) is 18.8. The average molecular weight is 371 g/mol. The zero-order valence-corrected chi connectivity index (χ0v) is 14.0. The van der Waals surface area contributed by atoms with Crippen LogP contribution in [0.15, 0.2) is 42.9 Å². The number of aromatic nitrogens is 4. The van der Waals surface area contributed by atoms with Gasteiger partial charge in [-0.2, -0.15) is 4.39 Å². The predicted octanol–water partition coefficient (Wildman–Crippen LogP) is 2.37. The van der Waals surface area contributed by atoms with E-state index in [2.05, 4.69) is 15.0 Å². The van der Waals surface area contributed by atoms with Gasteiger partial charge in [-0.3, -0.25) is 9.55 Å². The summed E-state index contributed by atoms with van der Waals surface area (Å²) in [6, 6.07) is 6.89. The summed E-state index contributed by atoms with van der Waals surface area (Å²) < 4.78 is 25.9. The second-order valence-corrected chi connectivity index (χ2v) is 5.94. The molecule has 1 atom stereocenters. The molecule has 9 nitrogen and oxygen atoms in total. The molecule has 27 heavy (non-hydrogen) atoms. The number of imidazole rings is 1. The lowest BCUT2D eigenvalue weighted by molar-refractivity contribution is -0.389. The number of hydrogen-bond donors (Lipinski definition) is 0. The highest BCUT2D eigenvalue weighted by Crippen LogP contribution is 2.23. The standard InChI is InChI=1S/C17H14FN5O4/c18-15-5-11(3-4-19-15)12-1-2-13(20-6-12)9-26-14-7-22-8-16(23(24)25)21-17(22)27-10-14/h1-6,8,14H,7,9-10H2/t14-/m0/s1. The molecule has 0 fully saturated rings. The van der Waals surface area contributed by atoms with Crippen LogP contribution in [0.3, 0.4) is 0 Å². The van der Waals surface area contributed by atoms with E-state index < -0.39 is 10.9 Å². The lowest BCUT2D eigenvalue weighted by Crippen LogP contribution is -2.32. The van der Waals surface area contributed by atoms with Crippen LogP contribution in [0, 0.1) is 16.1 Å². The van der Waals surface area contributed by atoms with Crippen molar-refractivity contribution in [2.24, 2.45) is 0 Å². The van der Waals surface area contributed by atoms with Crippen molar-refractivity contribution in [2.45, 2.75) is 19.3 Å². The number of rotatable bonds is 5. The van der Waals surface area contributed by atoms with Crippen molar-refractivity contribution in [1.29, 1.82) is 0 Å². The van der Waals surface area contributed by atoms with Crippen molar-refractivity contribution < 1.29 is 18.8 Å².